The molecule has 0 bridgehead atoms. The van der Waals surface area contributed by atoms with Crippen LogP contribution in [-0.2, 0) is 20.9 Å². The SMILES string of the molecule is COC(=O)C(C)C(C)(N)COCc1ccccc1. The molecular formula is C14H21NO3. The van der Waals surface area contributed by atoms with Crippen molar-refractivity contribution in [2.45, 2.75) is 26.0 Å². The summed E-state index contributed by atoms with van der Waals surface area (Å²) in [6.07, 6.45) is 0. The lowest BCUT2D eigenvalue weighted by Crippen LogP contribution is -2.50. The number of rotatable bonds is 6. The van der Waals surface area contributed by atoms with Crippen LogP contribution in [-0.4, -0.2) is 25.2 Å². The fourth-order valence-corrected chi connectivity index (χ4v) is 1.53. The first kappa shape index (κ1) is 14.7. The van der Waals surface area contributed by atoms with Gasteiger partial charge < -0.3 is 15.2 Å². The lowest BCUT2D eigenvalue weighted by atomic mass is 9.89. The normalized spacial score (nSPS) is 15.8. The van der Waals surface area contributed by atoms with Crippen molar-refractivity contribution in [1.82, 2.24) is 0 Å². The van der Waals surface area contributed by atoms with Crippen molar-refractivity contribution >= 4 is 5.97 Å². The van der Waals surface area contributed by atoms with Gasteiger partial charge in [0.25, 0.3) is 0 Å². The van der Waals surface area contributed by atoms with Gasteiger partial charge in [0, 0.05) is 5.54 Å². The molecule has 1 aromatic carbocycles. The molecule has 0 aromatic heterocycles. The summed E-state index contributed by atoms with van der Waals surface area (Å²) in [6, 6.07) is 9.83. The van der Waals surface area contributed by atoms with Gasteiger partial charge in [0.2, 0.25) is 0 Å². The molecule has 2 unspecified atom stereocenters. The third-order valence-electron chi connectivity index (χ3n) is 3.07. The van der Waals surface area contributed by atoms with Crippen LogP contribution in [0.1, 0.15) is 19.4 Å². The first-order chi connectivity index (χ1) is 8.47. The molecule has 4 heteroatoms. The molecule has 0 fully saturated rings. The molecule has 0 saturated carbocycles. The molecule has 0 spiro atoms. The number of ether oxygens (including phenoxy) is 2. The Bertz CT molecular complexity index is 376. The van der Waals surface area contributed by atoms with Crippen LogP contribution in [0.5, 0.6) is 0 Å². The third kappa shape index (κ3) is 4.13. The first-order valence-electron chi connectivity index (χ1n) is 5.96. The lowest BCUT2D eigenvalue weighted by Gasteiger charge is -2.29. The monoisotopic (exact) mass is 251 g/mol. The molecule has 1 rings (SSSR count). The number of benzene rings is 1. The zero-order valence-electron chi connectivity index (χ0n) is 11.2. The Hall–Kier alpha value is -1.39. The van der Waals surface area contributed by atoms with Crippen molar-refractivity contribution in [2.24, 2.45) is 11.7 Å². The van der Waals surface area contributed by atoms with E-state index in [1.54, 1.807) is 13.8 Å². The number of methoxy groups -OCH3 is 1. The van der Waals surface area contributed by atoms with Gasteiger partial charge in [-0.15, -0.1) is 0 Å². The highest BCUT2D eigenvalue weighted by Gasteiger charge is 2.33. The second-order valence-corrected chi connectivity index (χ2v) is 4.73. The topological polar surface area (TPSA) is 61.5 Å². The van der Waals surface area contributed by atoms with E-state index in [2.05, 4.69) is 4.74 Å². The molecule has 0 amide bonds. The number of carbonyl (C=O) groups excluding carboxylic acids is 1. The van der Waals surface area contributed by atoms with Crippen molar-refractivity contribution in [1.29, 1.82) is 0 Å². The van der Waals surface area contributed by atoms with Gasteiger partial charge in [0.1, 0.15) is 0 Å². The summed E-state index contributed by atoms with van der Waals surface area (Å²) in [5.74, 6) is -0.721. The van der Waals surface area contributed by atoms with Gasteiger partial charge in [-0.2, -0.15) is 0 Å². The fourth-order valence-electron chi connectivity index (χ4n) is 1.53. The molecule has 0 saturated heterocycles. The summed E-state index contributed by atoms with van der Waals surface area (Å²) in [4.78, 5) is 11.4. The molecular weight excluding hydrogens is 230 g/mol. The van der Waals surface area contributed by atoms with Crippen LogP contribution in [0.2, 0.25) is 0 Å². The molecule has 0 heterocycles. The van der Waals surface area contributed by atoms with E-state index in [9.17, 15) is 4.79 Å². The van der Waals surface area contributed by atoms with Gasteiger partial charge in [-0.3, -0.25) is 4.79 Å². The van der Waals surface area contributed by atoms with Gasteiger partial charge in [0.05, 0.1) is 26.2 Å². The van der Waals surface area contributed by atoms with Gasteiger partial charge in [0.15, 0.2) is 0 Å². The summed E-state index contributed by atoms with van der Waals surface area (Å²) in [7, 11) is 1.36. The van der Waals surface area contributed by atoms with Crippen LogP contribution in [0.3, 0.4) is 0 Å². The van der Waals surface area contributed by atoms with E-state index in [0.29, 0.717) is 13.2 Å². The molecule has 100 valence electrons. The van der Waals surface area contributed by atoms with Crippen LogP contribution in [0, 0.1) is 5.92 Å². The van der Waals surface area contributed by atoms with Crippen molar-refractivity contribution < 1.29 is 14.3 Å². The van der Waals surface area contributed by atoms with Gasteiger partial charge in [-0.25, -0.2) is 0 Å². The van der Waals surface area contributed by atoms with E-state index in [0.717, 1.165) is 5.56 Å². The fraction of sp³-hybridized carbons (Fsp3) is 0.500. The minimum atomic E-state index is -0.734. The smallest absolute Gasteiger partial charge is 0.310 e. The summed E-state index contributed by atoms with van der Waals surface area (Å²) >= 11 is 0. The number of carbonyl (C=O) groups is 1. The van der Waals surface area contributed by atoms with Crippen LogP contribution in [0.4, 0.5) is 0 Å². The van der Waals surface area contributed by atoms with Crippen LogP contribution in [0.15, 0.2) is 30.3 Å². The molecule has 0 radical (unpaired) electrons. The number of hydrogen-bond acceptors (Lipinski definition) is 4. The Morgan fingerprint density at radius 2 is 2.00 bits per heavy atom. The molecule has 2 N–H and O–H groups in total. The summed E-state index contributed by atoms with van der Waals surface area (Å²) < 4.78 is 10.3. The molecule has 1 aromatic rings. The zero-order valence-corrected chi connectivity index (χ0v) is 11.2. The molecule has 4 nitrogen and oxygen atoms in total. The van der Waals surface area contributed by atoms with Gasteiger partial charge in [-0.1, -0.05) is 37.3 Å². The Kier molecular flexibility index (Phi) is 5.31. The summed E-state index contributed by atoms with van der Waals surface area (Å²) in [5, 5.41) is 0. The van der Waals surface area contributed by atoms with E-state index in [-0.39, 0.29) is 5.97 Å². The summed E-state index contributed by atoms with van der Waals surface area (Å²) in [5.41, 5.74) is 6.42. The van der Waals surface area contributed by atoms with E-state index >= 15 is 0 Å². The third-order valence-corrected chi connectivity index (χ3v) is 3.07. The zero-order chi connectivity index (χ0) is 13.6. The van der Waals surface area contributed by atoms with Crippen molar-refractivity contribution in [3.05, 3.63) is 35.9 Å². The summed E-state index contributed by atoms with van der Waals surface area (Å²) in [6.45, 7) is 4.33. The number of nitrogens with two attached hydrogens (primary N) is 1. The van der Waals surface area contributed by atoms with Crippen molar-refractivity contribution in [3.8, 4) is 0 Å². The van der Waals surface area contributed by atoms with E-state index in [1.807, 2.05) is 30.3 Å². The van der Waals surface area contributed by atoms with Crippen molar-refractivity contribution in [2.75, 3.05) is 13.7 Å². The number of hydrogen-bond donors (Lipinski definition) is 1. The Morgan fingerprint density at radius 3 is 2.56 bits per heavy atom. The first-order valence-corrected chi connectivity index (χ1v) is 5.96. The highest BCUT2D eigenvalue weighted by Crippen LogP contribution is 2.16. The molecule has 0 aliphatic heterocycles. The maximum Gasteiger partial charge on any atom is 0.310 e. The predicted octanol–water partition coefficient (Wildman–Crippen LogP) is 1.73. The van der Waals surface area contributed by atoms with Crippen LogP contribution in [0.25, 0.3) is 0 Å². The average Bonchev–Trinajstić information content (AvgIpc) is 2.38. The minimum absolute atomic E-state index is 0.304. The largest absolute Gasteiger partial charge is 0.469 e. The average molecular weight is 251 g/mol. The van der Waals surface area contributed by atoms with Crippen LogP contribution >= 0.6 is 0 Å². The predicted molar refractivity (Wildman–Crippen MR) is 69.9 cm³/mol. The number of esters is 1. The molecule has 0 aliphatic rings. The molecule has 2 atom stereocenters. The second kappa shape index (κ2) is 6.52. The molecule has 18 heavy (non-hydrogen) atoms. The highest BCUT2D eigenvalue weighted by molar-refractivity contribution is 5.73. The van der Waals surface area contributed by atoms with E-state index < -0.39 is 11.5 Å². The van der Waals surface area contributed by atoms with Crippen LogP contribution < -0.4 is 5.73 Å². The Balaban J connectivity index is 2.44. The Morgan fingerprint density at radius 1 is 1.39 bits per heavy atom. The van der Waals surface area contributed by atoms with E-state index in [1.165, 1.54) is 7.11 Å². The quantitative estimate of drug-likeness (QED) is 0.782. The molecule has 0 aliphatic carbocycles. The van der Waals surface area contributed by atoms with Gasteiger partial charge in [-0.05, 0) is 12.5 Å². The maximum absolute atomic E-state index is 11.4. The maximum atomic E-state index is 11.4. The minimum Gasteiger partial charge on any atom is -0.469 e. The van der Waals surface area contributed by atoms with Crippen molar-refractivity contribution in [3.63, 3.8) is 0 Å². The lowest BCUT2D eigenvalue weighted by molar-refractivity contribution is -0.148. The van der Waals surface area contributed by atoms with Gasteiger partial charge >= 0.3 is 5.97 Å². The Labute approximate surface area is 108 Å². The highest BCUT2D eigenvalue weighted by atomic mass is 16.5. The standard InChI is InChI=1S/C14H21NO3/c1-11(13(16)17-3)14(2,15)10-18-9-12-7-5-4-6-8-12/h4-8,11H,9-10,15H2,1-3H3. The van der Waals surface area contributed by atoms with E-state index in [4.69, 9.17) is 10.5 Å². The second-order valence-electron chi connectivity index (χ2n) is 4.73.